The molecular formula is C21H19ClFe2. The zero-order chi connectivity index (χ0) is 15.5. The van der Waals surface area contributed by atoms with Crippen molar-refractivity contribution in [2.45, 2.75) is 5.38 Å². The molecular weight excluding hydrogens is 399 g/mol. The smallest absolute Gasteiger partial charge is 0.214 e. The summed E-state index contributed by atoms with van der Waals surface area (Å²) < 4.78 is 0. The van der Waals surface area contributed by atoms with Gasteiger partial charge in [0.25, 0.3) is 0 Å². The van der Waals surface area contributed by atoms with E-state index in [1.165, 1.54) is 11.1 Å². The van der Waals surface area contributed by atoms with Gasteiger partial charge < -0.3 is 0 Å². The molecule has 0 bridgehead atoms. The molecule has 0 aliphatic heterocycles. The molecule has 0 amide bonds. The molecule has 0 spiro atoms. The second-order valence-electron chi connectivity index (χ2n) is 4.72. The molecule has 4 aromatic rings. The minimum atomic E-state index is 0. The maximum absolute atomic E-state index is 6.21. The van der Waals surface area contributed by atoms with E-state index in [-0.39, 0.29) is 39.5 Å². The van der Waals surface area contributed by atoms with Gasteiger partial charge in [0.15, 0.2) is 0 Å². The van der Waals surface area contributed by atoms with Crippen LogP contribution < -0.4 is 0 Å². The first-order chi connectivity index (χ1) is 10.9. The van der Waals surface area contributed by atoms with Crippen LogP contribution >= 0.6 is 11.6 Å². The van der Waals surface area contributed by atoms with Crippen molar-refractivity contribution in [3.05, 3.63) is 120 Å². The number of hydrogen-bond acceptors (Lipinski definition) is 0. The predicted molar refractivity (Wildman–Crippen MR) is 95.8 cm³/mol. The summed E-state index contributed by atoms with van der Waals surface area (Å²) >= 11 is 6.21. The third kappa shape index (κ3) is 8.54. The molecule has 0 radical (unpaired) electrons. The minimum Gasteiger partial charge on any atom is -0.214 e. The molecule has 0 saturated heterocycles. The van der Waals surface area contributed by atoms with Crippen LogP contribution in [0.15, 0.2) is 109 Å². The van der Waals surface area contributed by atoms with Crippen LogP contribution in [0.25, 0.3) is 0 Å². The predicted octanol–water partition coefficient (Wildman–Crippen LogP) is 6.26. The average molecular weight is 419 g/mol. The fourth-order valence-corrected chi connectivity index (χ4v) is 2.24. The van der Waals surface area contributed by atoms with Gasteiger partial charge in [-0.25, -0.2) is 48.5 Å². The normalized spacial score (nSPS) is 8.75. The van der Waals surface area contributed by atoms with Crippen molar-refractivity contribution in [1.29, 1.82) is 0 Å². The molecule has 4 aromatic carbocycles. The molecule has 4 rings (SSSR count). The molecule has 0 fully saturated rings. The van der Waals surface area contributed by atoms with Crippen LogP contribution in [0.1, 0.15) is 16.5 Å². The fraction of sp³-hybridized carbons (Fsp3) is 0.0476. The van der Waals surface area contributed by atoms with E-state index < -0.39 is 0 Å². The van der Waals surface area contributed by atoms with Gasteiger partial charge in [-0.2, -0.15) is 60.7 Å². The van der Waals surface area contributed by atoms with E-state index in [0.717, 1.165) is 0 Å². The summed E-state index contributed by atoms with van der Waals surface area (Å²) in [4.78, 5) is 0. The van der Waals surface area contributed by atoms with Gasteiger partial charge in [-0.3, -0.25) is 0 Å². The van der Waals surface area contributed by atoms with Crippen molar-refractivity contribution in [2.75, 3.05) is 0 Å². The number of halogens is 1. The molecule has 0 aliphatic carbocycles. The zero-order valence-corrected chi connectivity index (χ0v) is 16.0. The molecule has 0 aliphatic rings. The number of alkyl halides is 1. The molecule has 0 N–H and O–H groups in total. The fourth-order valence-electron chi connectivity index (χ4n) is 1.95. The Kier molecular flexibility index (Phi) is 13.4. The van der Waals surface area contributed by atoms with Gasteiger partial charge in [-0.05, 0) is 5.38 Å². The number of hydrogen-bond donors (Lipinski definition) is 0. The Morgan fingerprint density at radius 1 is 0.542 bits per heavy atom. The average Bonchev–Trinajstić information content (AvgIpc) is 3.42. The monoisotopic (exact) mass is 418 g/mol. The van der Waals surface area contributed by atoms with Crippen molar-refractivity contribution in [1.82, 2.24) is 0 Å². The van der Waals surface area contributed by atoms with Gasteiger partial charge in [-0.15, -0.1) is 22.7 Å². The summed E-state index contributed by atoms with van der Waals surface area (Å²) in [5.41, 5.74) is 2.34. The van der Waals surface area contributed by atoms with E-state index in [4.69, 9.17) is 11.6 Å². The van der Waals surface area contributed by atoms with Gasteiger partial charge in [0.2, 0.25) is 0 Å². The Balaban J connectivity index is 0.000000370. The van der Waals surface area contributed by atoms with Crippen LogP contribution in [0.5, 0.6) is 0 Å². The number of rotatable bonds is 2. The van der Waals surface area contributed by atoms with Crippen molar-refractivity contribution < 1.29 is 34.1 Å². The van der Waals surface area contributed by atoms with E-state index in [2.05, 4.69) is 0 Å². The van der Waals surface area contributed by atoms with Crippen LogP contribution in [0, 0.1) is 0 Å². The summed E-state index contributed by atoms with van der Waals surface area (Å²) in [6.45, 7) is 0. The summed E-state index contributed by atoms with van der Waals surface area (Å²) in [6.07, 6.45) is 0. The summed E-state index contributed by atoms with van der Waals surface area (Å²) in [7, 11) is 0. The summed E-state index contributed by atoms with van der Waals surface area (Å²) in [5, 5.41) is 0.00926. The second kappa shape index (κ2) is 14.1. The van der Waals surface area contributed by atoms with Crippen LogP contribution in [0.2, 0.25) is 0 Å². The van der Waals surface area contributed by atoms with Crippen molar-refractivity contribution in [3.63, 3.8) is 0 Å². The van der Waals surface area contributed by atoms with Crippen molar-refractivity contribution in [2.24, 2.45) is 0 Å². The summed E-state index contributed by atoms with van der Waals surface area (Å²) in [6, 6.07) is 36.2. The standard InChI is InChI=1S/C11H9Cl.2C5H5.2Fe/c12-11(9-5-1-2-6-9)10-7-3-4-8-10;2*1-2-4-5-3-1;;/h1-8,11H;2*1-5H;;/q-2;2*-1;2*+2. The molecule has 24 heavy (non-hydrogen) atoms. The molecule has 0 aromatic heterocycles. The quantitative estimate of drug-likeness (QED) is 0.205. The Morgan fingerprint density at radius 3 is 1.04 bits per heavy atom. The third-order valence-corrected chi connectivity index (χ3v) is 3.58. The van der Waals surface area contributed by atoms with Crippen LogP contribution in [0.3, 0.4) is 0 Å². The van der Waals surface area contributed by atoms with Gasteiger partial charge in [0, 0.05) is 0 Å². The minimum absolute atomic E-state index is 0. The Morgan fingerprint density at radius 2 is 0.833 bits per heavy atom. The Labute approximate surface area is 170 Å². The van der Waals surface area contributed by atoms with E-state index in [1.807, 2.05) is 109 Å². The third-order valence-electron chi connectivity index (χ3n) is 3.07. The van der Waals surface area contributed by atoms with Gasteiger partial charge >= 0.3 is 34.1 Å². The molecule has 0 atom stereocenters. The van der Waals surface area contributed by atoms with Crippen LogP contribution in [0.4, 0.5) is 0 Å². The molecule has 0 nitrogen and oxygen atoms in total. The maximum Gasteiger partial charge on any atom is 2.00 e. The SMILES string of the molecule is ClC([c-]1cccc1)[c-]1cccc1.[Fe+2].[Fe+2].c1cc[cH-]c1.c1cc[cH-]c1. The molecule has 0 unspecified atom stereocenters. The molecule has 0 saturated carbocycles. The van der Waals surface area contributed by atoms with Gasteiger partial charge in [0.1, 0.15) is 0 Å². The van der Waals surface area contributed by atoms with Crippen molar-refractivity contribution in [3.8, 4) is 0 Å². The van der Waals surface area contributed by atoms with E-state index >= 15 is 0 Å². The first-order valence-corrected chi connectivity index (χ1v) is 7.72. The van der Waals surface area contributed by atoms with Crippen LogP contribution in [-0.4, -0.2) is 0 Å². The van der Waals surface area contributed by atoms with E-state index in [0.29, 0.717) is 0 Å². The van der Waals surface area contributed by atoms with E-state index in [9.17, 15) is 0 Å². The zero-order valence-electron chi connectivity index (χ0n) is 13.1. The van der Waals surface area contributed by atoms with Crippen molar-refractivity contribution >= 4 is 11.6 Å². The Bertz CT molecular complexity index is 553. The first-order valence-electron chi connectivity index (χ1n) is 7.28. The molecule has 126 valence electrons. The summed E-state index contributed by atoms with van der Waals surface area (Å²) in [5.74, 6) is 0. The first kappa shape index (κ1) is 22.7. The Hall–Kier alpha value is -1.27. The maximum atomic E-state index is 6.21. The van der Waals surface area contributed by atoms with Crippen LogP contribution in [-0.2, 0) is 34.1 Å². The molecule has 0 heterocycles. The van der Waals surface area contributed by atoms with Gasteiger partial charge in [0.05, 0.1) is 0 Å². The van der Waals surface area contributed by atoms with E-state index in [1.54, 1.807) is 0 Å². The largest absolute Gasteiger partial charge is 2.00 e. The van der Waals surface area contributed by atoms with Gasteiger partial charge in [-0.1, -0.05) is 0 Å². The molecule has 3 heteroatoms. The topological polar surface area (TPSA) is 0 Å². The second-order valence-corrected chi connectivity index (χ2v) is 5.16.